The lowest BCUT2D eigenvalue weighted by Gasteiger charge is -2.09. The molecule has 0 saturated carbocycles. The van der Waals surface area contributed by atoms with Crippen LogP contribution in [0.3, 0.4) is 0 Å². The van der Waals surface area contributed by atoms with Crippen molar-refractivity contribution in [3.63, 3.8) is 0 Å². The fraction of sp³-hybridized carbons (Fsp3) is 0.150. The molecule has 0 fully saturated rings. The lowest BCUT2D eigenvalue weighted by atomic mass is 10.1. The Balaban J connectivity index is 1.82. The quantitative estimate of drug-likeness (QED) is 0.197. The summed E-state index contributed by atoms with van der Waals surface area (Å²) in [5.41, 5.74) is 5.14. The van der Waals surface area contributed by atoms with E-state index in [1.54, 1.807) is 19.1 Å². The van der Waals surface area contributed by atoms with E-state index in [9.17, 15) is 24.5 Å². The van der Waals surface area contributed by atoms with Crippen molar-refractivity contribution in [3.05, 3.63) is 74.1 Å². The van der Waals surface area contributed by atoms with E-state index in [1.165, 1.54) is 24.3 Å². The summed E-state index contributed by atoms with van der Waals surface area (Å²) in [6.07, 6.45) is -0.660. The summed E-state index contributed by atoms with van der Waals surface area (Å²) in [5, 5.41) is 14.0. The summed E-state index contributed by atoms with van der Waals surface area (Å²) in [7, 11) is 0. The number of fused-ring (bicyclic) bond motifs is 1. The van der Waals surface area contributed by atoms with Crippen LogP contribution in [0.4, 0.5) is 21.9 Å². The van der Waals surface area contributed by atoms with Crippen LogP contribution >= 0.6 is 0 Å². The van der Waals surface area contributed by atoms with E-state index in [0.717, 1.165) is 6.07 Å². The number of esters is 1. The molecule has 0 aliphatic rings. The van der Waals surface area contributed by atoms with E-state index in [4.69, 9.17) is 19.6 Å². The minimum Gasteiger partial charge on any atom is -0.457 e. The Morgan fingerprint density at radius 2 is 1.94 bits per heavy atom. The molecule has 11 nitrogen and oxygen atoms in total. The van der Waals surface area contributed by atoms with Gasteiger partial charge in [-0.1, -0.05) is 0 Å². The van der Waals surface area contributed by atoms with Gasteiger partial charge in [-0.15, -0.1) is 0 Å². The second-order valence-electron chi connectivity index (χ2n) is 6.25. The number of amides is 1. The zero-order valence-electron chi connectivity index (χ0n) is 16.2. The van der Waals surface area contributed by atoms with Crippen molar-refractivity contribution in [2.24, 2.45) is 0 Å². The van der Waals surface area contributed by atoms with Crippen LogP contribution in [0.2, 0.25) is 0 Å². The number of carbonyl (C=O) groups is 2. The molecular weight excluding hydrogens is 410 g/mol. The van der Waals surface area contributed by atoms with Gasteiger partial charge in [0.1, 0.15) is 17.9 Å². The van der Waals surface area contributed by atoms with E-state index in [0.29, 0.717) is 16.6 Å². The van der Waals surface area contributed by atoms with Crippen LogP contribution in [0.15, 0.2) is 51.7 Å². The molecule has 0 bridgehead atoms. The first-order chi connectivity index (χ1) is 14.8. The normalized spacial score (nSPS) is 10.5. The third-order valence-electron chi connectivity index (χ3n) is 4.17. The van der Waals surface area contributed by atoms with E-state index in [2.05, 4.69) is 5.32 Å². The Morgan fingerprint density at radius 3 is 2.65 bits per heavy atom. The van der Waals surface area contributed by atoms with Crippen LogP contribution < -0.4 is 16.7 Å². The molecule has 0 atom stereocenters. The van der Waals surface area contributed by atoms with Gasteiger partial charge in [-0.25, -0.2) is 14.4 Å². The maximum Gasteiger partial charge on any atom is 0.411 e. The molecule has 1 heterocycles. The average Bonchev–Trinajstić information content (AvgIpc) is 2.71. The molecule has 0 radical (unpaired) electrons. The van der Waals surface area contributed by atoms with Crippen molar-refractivity contribution in [3.8, 4) is 0 Å². The number of nitrogen functional groups attached to an aromatic ring is 1. The van der Waals surface area contributed by atoms with Gasteiger partial charge in [-0.05, 0) is 31.2 Å². The largest absolute Gasteiger partial charge is 0.457 e. The molecule has 1 amide bonds. The number of nitro groups is 1. The van der Waals surface area contributed by atoms with E-state index in [1.807, 2.05) is 0 Å². The Bertz CT molecular complexity index is 1230. The summed E-state index contributed by atoms with van der Waals surface area (Å²) in [5.74, 6) is -0.829. The standard InChI is InChI=1S/C20H17N3O8/c1-2-29-20(26)22-13-4-5-14-12(8-18(24)31-17(14)9-13)10-30-19(25)11-3-6-15(21)16(7-11)23(27)28/h3-9H,2,10,21H2,1H3,(H,22,26). The highest BCUT2D eigenvalue weighted by Crippen LogP contribution is 2.24. The molecule has 3 rings (SSSR count). The van der Waals surface area contributed by atoms with Gasteiger partial charge in [0.25, 0.3) is 5.69 Å². The van der Waals surface area contributed by atoms with Gasteiger partial charge in [0.15, 0.2) is 0 Å². The number of nitro benzene ring substituents is 1. The van der Waals surface area contributed by atoms with E-state index < -0.39 is 28.3 Å². The number of nitrogens with two attached hydrogens (primary N) is 1. The number of benzene rings is 2. The number of anilines is 2. The number of carbonyl (C=O) groups excluding carboxylic acids is 2. The zero-order chi connectivity index (χ0) is 22.5. The first kappa shape index (κ1) is 21.3. The van der Waals surface area contributed by atoms with Crippen LogP contribution in [0.1, 0.15) is 22.8 Å². The van der Waals surface area contributed by atoms with Gasteiger partial charge in [-0.3, -0.25) is 15.4 Å². The first-order valence-corrected chi connectivity index (χ1v) is 9.00. The lowest BCUT2D eigenvalue weighted by molar-refractivity contribution is -0.383. The molecule has 0 aliphatic carbocycles. The topological polar surface area (TPSA) is 164 Å². The summed E-state index contributed by atoms with van der Waals surface area (Å²) in [6, 6.07) is 9.30. The van der Waals surface area contributed by atoms with Gasteiger partial charge >= 0.3 is 17.7 Å². The van der Waals surface area contributed by atoms with Crippen LogP contribution in [0, 0.1) is 10.1 Å². The molecule has 160 valence electrons. The molecule has 0 spiro atoms. The number of rotatable bonds is 6. The fourth-order valence-electron chi connectivity index (χ4n) is 2.77. The van der Waals surface area contributed by atoms with E-state index in [-0.39, 0.29) is 30.0 Å². The van der Waals surface area contributed by atoms with Gasteiger partial charge < -0.3 is 19.6 Å². The summed E-state index contributed by atoms with van der Waals surface area (Å²) in [6.45, 7) is 1.57. The predicted octanol–water partition coefficient (Wildman–Crippen LogP) is 3.21. The molecule has 0 aliphatic heterocycles. The lowest BCUT2D eigenvalue weighted by Crippen LogP contribution is -2.13. The Hall–Kier alpha value is -4.41. The molecule has 11 heteroatoms. The predicted molar refractivity (Wildman–Crippen MR) is 110 cm³/mol. The monoisotopic (exact) mass is 427 g/mol. The smallest absolute Gasteiger partial charge is 0.411 e. The van der Waals surface area contributed by atoms with Crippen LogP contribution in [-0.4, -0.2) is 23.6 Å². The second-order valence-corrected chi connectivity index (χ2v) is 6.25. The van der Waals surface area contributed by atoms with Gasteiger partial charge in [0.2, 0.25) is 0 Å². The van der Waals surface area contributed by atoms with Gasteiger partial charge in [0.05, 0.1) is 17.1 Å². The Morgan fingerprint density at radius 1 is 1.16 bits per heavy atom. The van der Waals surface area contributed by atoms with Crippen molar-refractivity contribution in [1.29, 1.82) is 0 Å². The molecule has 3 N–H and O–H groups in total. The highest BCUT2D eigenvalue weighted by molar-refractivity contribution is 5.92. The molecule has 1 aromatic heterocycles. The van der Waals surface area contributed by atoms with Crippen LogP contribution in [-0.2, 0) is 16.1 Å². The maximum atomic E-state index is 12.3. The van der Waals surface area contributed by atoms with Gasteiger partial charge in [-0.2, -0.15) is 0 Å². The molecule has 2 aromatic carbocycles. The van der Waals surface area contributed by atoms with E-state index >= 15 is 0 Å². The molecule has 31 heavy (non-hydrogen) atoms. The second kappa shape index (κ2) is 8.95. The Kier molecular flexibility index (Phi) is 6.15. The van der Waals surface area contributed by atoms with Crippen molar-refractivity contribution >= 4 is 40.1 Å². The molecule has 0 unspecified atom stereocenters. The zero-order valence-corrected chi connectivity index (χ0v) is 16.2. The van der Waals surface area contributed by atoms with Gasteiger partial charge in [0, 0.05) is 34.8 Å². The van der Waals surface area contributed by atoms with Crippen molar-refractivity contribution in [2.45, 2.75) is 13.5 Å². The molecule has 3 aromatic rings. The summed E-state index contributed by atoms with van der Waals surface area (Å²) >= 11 is 0. The van der Waals surface area contributed by atoms with Crippen molar-refractivity contribution in [1.82, 2.24) is 0 Å². The maximum absolute atomic E-state index is 12.3. The highest BCUT2D eigenvalue weighted by atomic mass is 16.6. The number of nitrogens with one attached hydrogen (secondary N) is 1. The van der Waals surface area contributed by atoms with Crippen molar-refractivity contribution in [2.75, 3.05) is 17.7 Å². The Labute approximate surface area is 174 Å². The molecular formula is C20H17N3O8. The number of ether oxygens (including phenoxy) is 2. The highest BCUT2D eigenvalue weighted by Gasteiger charge is 2.17. The third-order valence-corrected chi connectivity index (χ3v) is 4.17. The summed E-state index contributed by atoms with van der Waals surface area (Å²) < 4.78 is 15.2. The summed E-state index contributed by atoms with van der Waals surface area (Å²) in [4.78, 5) is 46.0. The number of nitrogens with zero attached hydrogens (tertiary/aromatic N) is 1. The number of hydrogen-bond donors (Lipinski definition) is 2. The van der Waals surface area contributed by atoms with Crippen molar-refractivity contribution < 1.29 is 28.4 Å². The number of hydrogen-bond acceptors (Lipinski definition) is 9. The minimum atomic E-state index is -0.829. The minimum absolute atomic E-state index is 0.0610. The third kappa shape index (κ3) is 4.96. The average molecular weight is 427 g/mol. The first-order valence-electron chi connectivity index (χ1n) is 9.00. The van der Waals surface area contributed by atoms with Crippen LogP contribution in [0.25, 0.3) is 11.0 Å². The fourth-order valence-corrected chi connectivity index (χ4v) is 2.77. The van der Waals surface area contributed by atoms with Crippen LogP contribution in [0.5, 0.6) is 0 Å². The molecule has 0 saturated heterocycles. The SMILES string of the molecule is CCOC(=O)Nc1ccc2c(COC(=O)c3ccc(N)c([N+](=O)[O-])c3)cc(=O)oc2c1.